The van der Waals surface area contributed by atoms with E-state index < -0.39 is 22.3 Å². The van der Waals surface area contributed by atoms with E-state index in [0.29, 0.717) is 17.6 Å². The molecule has 102 valence electrons. The zero-order chi connectivity index (χ0) is 14.0. The maximum absolute atomic E-state index is 14.0. The van der Waals surface area contributed by atoms with Crippen LogP contribution in [0.2, 0.25) is 0 Å². The number of carbonyl (C=O) groups excluding carboxylic acids is 1. The maximum Gasteiger partial charge on any atom is 0.306 e. The minimum absolute atomic E-state index is 0.247. The van der Waals surface area contributed by atoms with E-state index in [9.17, 15) is 19.3 Å². The molecule has 0 aromatic heterocycles. The summed E-state index contributed by atoms with van der Waals surface area (Å²) in [5.74, 6) is -1.55. The van der Waals surface area contributed by atoms with Crippen LogP contribution >= 0.6 is 15.9 Å². The van der Waals surface area contributed by atoms with Crippen molar-refractivity contribution < 1.29 is 14.1 Å². The van der Waals surface area contributed by atoms with Crippen molar-refractivity contribution in [1.29, 1.82) is 0 Å². The highest BCUT2D eigenvalue weighted by Crippen LogP contribution is 2.27. The predicted octanol–water partition coefficient (Wildman–Crippen LogP) is 3.12. The lowest BCUT2D eigenvalue weighted by Gasteiger charge is -2.26. The van der Waals surface area contributed by atoms with E-state index in [4.69, 9.17) is 0 Å². The van der Waals surface area contributed by atoms with Gasteiger partial charge in [-0.2, -0.15) is 4.39 Å². The highest BCUT2D eigenvalue weighted by atomic mass is 79.9. The summed E-state index contributed by atoms with van der Waals surface area (Å²) in [6.07, 6.45) is 2.80. The molecule has 1 aromatic rings. The predicted molar refractivity (Wildman–Crippen MR) is 70.5 cm³/mol. The van der Waals surface area contributed by atoms with Crippen LogP contribution in [0.5, 0.6) is 0 Å². The van der Waals surface area contributed by atoms with Gasteiger partial charge in [0.05, 0.1) is 10.5 Å². The van der Waals surface area contributed by atoms with E-state index in [2.05, 4.69) is 15.9 Å². The topological polar surface area (TPSA) is 63.4 Å². The van der Waals surface area contributed by atoms with E-state index in [-0.39, 0.29) is 5.56 Å². The van der Waals surface area contributed by atoms with Crippen LogP contribution < -0.4 is 0 Å². The van der Waals surface area contributed by atoms with E-state index in [1.54, 1.807) is 0 Å². The van der Waals surface area contributed by atoms with Gasteiger partial charge in [0.2, 0.25) is 5.82 Å². The van der Waals surface area contributed by atoms with Crippen molar-refractivity contribution in [1.82, 2.24) is 4.90 Å². The second-order valence-electron chi connectivity index (χ2n) is 4.40. The summed E-state index contributed by atoms with van der Waals surface area (Å²) >= 11 is 3.07. The molecule has 1 heterocycles. The third kappa shape index (κ3) is 2.91. The molecule has 0 aliphatic carbocycles. The number of nitro groups is 1. The van der Waals surface area contributed by atoms with Crippen molar-refractivity contribution in [3.63, 3.8) is 0 Å². The van der Waals surface area contributed by atoms with Gasteiger partial charge < -0.3 is 4.90 Å². The number of benzene rings is 1. The number of piperidine rings is 1. The van der Waals surface area contributed by atoms with Gasteiger partial charge in [0.25, 0.3) is 5.91 Å². The number of carbonyl (C=O) groups is 1. The number of nitrogens with zero attached hydrogens (tertiary/aromatic N) is 2. The second kappa shape index (κ2) is 5.64. The van der Waals surface area contributed by atoms with Crippen LogP contribution in [0.3, 0.4) is 0 Å². The zero-order valence-corrected chi connectivity index (χ0v) is 11.7. The quantitative estimate of drug-likeness (QED) is 0.618. The molecule has 19 heavy (non-hydrogen) atoms. The number of rotatable bonds is 2. The minimum Gasteiger partial charge on any atom is -0.339 e. The Balaban J connectivity index is 2.38. The largest absolute Gasteiger partial charge is 0.339 e. The maximum atomic E-state index is 14.0. The zero-order valence-electron chi connectivity index (χ0n) is 10.1. The molecule has 1 amide bonds. The van der Waals surface area contributed by atoms with Crippen molar-refractivity contribution in [2.75, 3.05) is 13.1 Å². The summed E-state index contributed by atoms with van der Waals surface area (Å²) in [7, 11) is 0. The summed E-state index contributed by atoms with van der Waals surface area (Å²) in [6.45, 7) is 1.14. The van der Waals surface area contributed by atoms with Gasteiger partial charge in [0, 0.05) is 23.6 Å². The molecular weight excluding hydrogens is 319 g/mol. The Labute approximate surface area is 117 Å². The Kier molecular flexibility index (Phi) is 4.14. The fourth-order valence-electron chi connectivity index (χ4n) is 2.13. The molecule has 0 saturated carbocycles. The molecule has 5 nitrogen and oxygen atoms in total. The molecule has 0 unspecified atom stereocenters. The molecule has 0 radical (unpaired) electrons. The molecule has 2 rings (SSSR count). The summed E-state index contributed by atoms with van der Waals surface area (Å²) in [5, 5.41) is 10.7. The Bertz CT molecular complexity index is 530. The van der Waals surface area contributed by atoms with Crippen molar-refractivity contribution in [3.8, 4) is 0 Å². The summed E-state index contributed by atoms with van der Waals surface area (Å²) in [4.78, 5) is 23.6. The van der Waals surface area contributed by atoms with Crippen LogP contribution in [0.15, 0.2) is 16.6 Å². The molecule has 1 aliphatic rings. The molecule has 0 N–H and O–H groups in total. The molecule has 1 fully saturated rings. The Hall–Kier alpha value is -1.50. The van der Waals surface area contributed by atoms with Crippen LogP contribution in [0.25, 0.3) is 0 Å². The molecular formula is C12H12BrFN2O3. The Morgan fingerprint density at radius 1 is 1.32 bits per heavy atom. The van der Waals surface area contributed by atoms with E-state index in [0.717, 1.165) is 25.3 Å². The average molecular weight is 331 g/mol. The highest BCUT2D eigenvalue weighted by molar-refractivity contribution is 9.10. The number of hydrogen-bond donors (Lipinski definition) is 0. The number of nitro benzene ring substituents is 1. The van der Waals surface area contributed by atoms with Crippen LogP contribution in [-0.2, 0) is 0 Å². The number of halogens is 2. The van der Waals surface area contributed by atoms with Gasteiger partial charge in [-0.3, -0.25) is 14.9 Å². The Morgan fingerprint density at radius 2 is 1.95 bits per heavy atom. The van der Waals surface area contributed by atoms with Crippen molar-refractivity contribution >= 4 is 27.5 Å². The third-order valence-electron chi connectivity index (χ3n) is 3.09. The van der Waals surface area contributed by atoms with Gasteiger partial charge in [-0.05, 0) is 25.3 Å². The van der Waals surface area contributed by atoms with E-state index in [1.165, 1.54) is 11.0 Å². The summed E-state index contributed by atoms with van der Waals surface area (Å²) in [6, 6.07) is 2.35. The molecule has 0 atom stereocenters. The van der Waals surface area contributed by atoms with Gasteiger partial charge in [-0.1, -0.05) is 15.9 Å². The van der Waals surface area contributed by atoms with Crippen LogP contribution in [0, 0.1) is 15.9 Å². The lowest BCUT2D eigenvalue weighted by atomic mass is 10.1. The lowest BCUT2D eigenvalue weighted by Crippen LogP contribution is -2.36. The third-order valence-corrected chi connectivity index (χ3v) is 3.55. The first-order valence-corrected chi connectivity index (χ1v) is 6.72. The smallest absolute Gasteiger partial charge is 0.306 e. The molecule has 1 saturated heterocycles. The molecule has 0 spiro atoms. The van der Waals surface area contributed by atoms with Crippen LogP contribution in [-0.4, -0.2) is 28.8 Å². The van der Waals surface area contributed by atoms with Crippen LogP contribution in [0.1, 0.15) is 29.6 Å². The van der Waals surface area contributed by atoms with Crippen LogP contribution in [0.4, 0.5) is 10.1 Å². The lowest BCUT2D eigenvalue weighted by molar-refractivity contribution is -0.387. The molecule has 1 aliphatic heterocycles. The standard InChI is InChI=1S/C12H12BrFN2O3/c13-8-6-9(11(14)10(7-8)16(18)19)12(17)15-4-2-1-3-5-15/h6-7H,1-5H2. The Morgan fingerprint density at radius 3 is 2.53 bits per heavy atom. The van der Waals surface area contributed by atoms with Crippen molar-refractivity contribution in [2.45, 2.75) is 19.3 Å². The molecule has 0 bridgehead atoms. The fraction of sp³-hybridized carbons (Fsp3) is 0.417. The molecule has 1 aromatic carbocycles. The number of hydrogen-bond acceptors (Lipinski definition) is 3. The van der Waals surface area contributed by atoms with Gasteiger partial charge in [0.15, 0.2) is 0 Å². The first-order chi connectivity index (χ1) is 9.00. The average Bonchev–Trinajstić information content (AvgIpc) is 2.41. The summed E-state index contributed by atoms with van der Waals surface area (Å²) in [5.41, 5.74) is -0.933. The number of likely N-dealkylation sites (tertiary alicyclic amines) is 1. The van der Waals surface area contributed by atoms with Crippen molar-refractivity contribution in [2.24, 2.45) is 0 Å². The monoisotopic (exact) mass is 330 g/mol. The first kappa shape index (κ1) is 13.9. The fourth-order valence-corrected chi connectivity index (χ4v) is 2.58. The first-order valence-electron chi connectivity index (χ1n) is 5.93. The van der Waals surface area contributed by atoms with Gasteiger partial charge in [-0.15, -0.1) is 0 Å². The van der Waals surface area contributed by atoms with Gasteiger partial charge >= 0.3 is 5.69 Å². The number of amides is 1. The van der Waals surface area contributed by atoms with E-state index in [1.807, 2.05) is 0 Å². The SMILES string of the molecule is O=C(c1cc(Br)cc([N+](=O)[O-])c1F)N1CCCCC1. The second-order valence-corrected chi connectivity index (χ2v) is 5.31. The van der Waals surface area contributed by atoms with E-state index >= 15 is 0 Å². The summed E-state index contributed by atoms with van der Waals surface area (Å²) < 4.78 is 14.3. The van der Waals surface area contributed by atoms with Crippen molar-refractivity contribution in [3.05, 3.63) is 38.1 Å². The highest BCUT2D eigenvalue weighted by Gasteiger charge is 2.27. The van der Waals surface area contributed by atoms with Gasteiger partial charge in [-0.25, -0.2) is 0 Å². The normalized spacial score (nSPS) is 15.4. The van der Waals surface area contributed by atoms with Gasteiger partial charge in [0.1, 0.15) is 0 Å². The minimum atomic E-state index is -1.07. The molecule has 7 heteroatoms.